The molecule has 0 atom stereocenters. The van der Waals surface area contributed by atoms with Crippen LogP contribution >= 0.6 is 11.6 Å². The van der Waals surface area contributed by atoms with E-state index in [0.717, 1.165) is 0 Å². The van der Waals surface area contributed by atoms with Crippen molar-refractivity contribution in [3.8, 4) is 0 Å². The van der Waals surface area contributed by atoms with Crippen LogP contribution in [0.1, 0.15) is 5.56 Å². The van der Waals surface area contributed by atoms with Crippen LogP contribution < -0.4 is 0 Å². The van der Waals surface area contributed by atoms with Crippen LogP contribution in [0.25, 0.3) is 0 Å². The highest BCUT2D eigenvalue weighted by Gasteiger charge is 2.19. The Kier molecular flexibility index (Phi) is 3.00. The molecular formula is C8H4ClF3O2. The van der Waals surface area contributed by atoms with Gasteiger partial charge < -0.3 is 5.11 Å². The standard InChI is InChI=1S/C8H4ClF3O2/c9-7-5(11)2-4(10)3(8(7)12)1-6(13)14/h2H,1H2,(H,13,14). The Labute approximate surface area is 81.9 Å². The highest BCUT2D eigenvalue weighted by atomic mass is 35.5. The van der Waals surface area contributed by atoms with Crippen molar-refractivity contribution in [3.63, 3.8) is 0 Å². The third-order valence-corrected chi connectivity index (χ3v) is 1.88. The zero-order valence-corrected chi connectivity index (χ0v) is 7.41. The van der Waals surface area contributed by atoms with Crippen LogP contribution in [0.2, 0.25) is 5.02 Å². The molecule has 1 aromatic carbocycles. The molecule has 0 aliphatic heterocycles. The maximum atomic E-state index is 13.0. The molecule has 0 aliphatic rings. The van der Waals surface area contributed by atoms with Gasteiger partial charge in [0.25, 0.3) is 0 Å². The summed E-state index contributed by atoms with van der Waals surface area (Å²) in [5, 5.41) is 7.41. The summed E-state index contributed by atoms with van der Waals surface area (Å²) in [6.07, 6.45) is -0.877. The van der Waals surface area contributed by atoms with Crippen molar-refractivity contribution in [2.75, 3.05) is 0 Å². The van der Waals surface area contributed by atoms with Crippen molar-refractivity contribution in [3.05, 3.63) is 34.1 Å². The quantitative estimate of drug-likeness (QED) is 0.619. The summed E-state index contributed by atoms with van der Waals surface area (Å²) in [6.45, 7) is 0. The largest absolute Gasteiger partial charge is 0.481 e. The van der Waals surface area contributed by atoms with Crippen molar-refractivity contribution in [1.82, 2.24) is 0 Å². The van der Waals surface area contributed by atoms with E-state index in [0.29, 0.717) is 6.07 Å². The topological polar surface area (TPSA) is 37.3 Å². The van der Waals surface area contributed by atoms with E-state index in [2.05, 4.69) is 0 Å². The summed E-state index contributed by atoms with van der Waals surface area (Å²) in [7, 11) is 0. The molecule has 6 heteroatoms. The fraction of sp³-hybridized carbons (Fsp3) is 0.125. The summed E-state index contributed by atoms with van der Waals surface area (Å²) in [6, 6.07) is 0.351. The van der Waals surface area contributed by atoms with Crippen molar-refractivity contribution < 1.29 is 23.1 Å². The van der Waals surface area contributed by atoms with Gasteiger partial charge in [-0.2, -0.15) is 0 Å². The van der Waals surface area contributed by atoms with Crippen LogP contribution in [0.5, 0.6) is 0 Å². The Morgan fingerprint density at radius 3 is 2.43 bits per heavy atom. The average molecular weight is 225 g/mol. The fourth-order valence-electron chi connectivity index (χ4n) is 0.917. The van der Waals surface area contributed by atoms with E-state index in [1.807, 2.05) is 0 Å². The van der Waals surface area contributed by atoms with Crippen LogP contribution in [0.15, 0.2) is 6.07 Å². The van der Waals surface area contributed by atoms with E-state index in [1.54, 1.807) is 0 Å². The predicted octanol–water partition coefficient (Wildman–Crippen LogP) is 2.38. The second kappa shape index (κ2) is 3.88. The van der Waals surface area contributed by atoms with Crippen molar-refractivity contribution >= 4 is 17.6 Å². The number of carbonyl (C=O) groups is 1. The van der Waals surface area contributed by atoms with Gasteiger partial charge in [-0.3, -0.25) is 4.79 Å². The summed E-state index contributed by atoms with van der Waals surface area (Å²) in [5.41, 5.74) is -0.746. The first-order valence-corrected chi connectivity index (χ1v) is 3.85. The maximum Gasteiger partial charge on any atom is 0.308 e. The van der Waals surface area contributed by atoms with Gasteiger partial charge in [0.2, 0.25) is 0 Å². The van der Waals surface area contributed by atoms with Crippen molar-refractivity contribution in [2.24, 2.45) is 0 Å². The van der Waals surface area contributed by atoms with Gasteiger partial charge >= 0.3 is 5.97 Å². The number of carboxylic acids is 1. The Balaban J connectivity index is 3.29. The minimum absolute atomic E-state index is 0.351. The molecule has 1 rings (SSSR count). The van der Waals surface area contributed by atoms with E-state index >= 15 is 0 Å². The van der Waals surface area contributed by atoms with E-state index in [9.17, 15) is 18.0 Å². The Morgan fingerprint density at radius 2 is 1.93 bits per heavy atom. The summed E-state index contributed by atoms with van der Waals surface area (Å²) in [5.74, 6) is -5.31. The molecule has 0 spiro atoms. The van der Waals surface area contributed by atoms with E-state index < -0.39 is 40.4 Å². The number of hydrogen-bond donors (Lipinski definition) is 1. The van der Waals surface area contributed by atoms with Gasteiger partial charge in [0.15, 0.2) is 5.82 Å². The zero-order chi connectivity index (χ0) is 10.9. The van der Waals surface area contributed by atoms with Crippen molar-refractivity contribution in [2.45, 2.75) is 6.42 Å². The molecule has 76 valence electrons. The molecule has 0 fully saturated rings. The Morgan fingerprint density at radius 1 is 1.36 bits per heavy atom. The van der Waals surface area contributed by atoms with E-state index in [4.69, 9.17) is 16.7 Å². The first-order chi connectivity index (χ1) is 6.43. The van der Waals surface area contributed by atoms with Gasteiger partial charge in [-0.15, -0.1) is 0 Å². The molecule has 0 unspecified atom stereocenters. The van der Waals surface area contributed by atoms with Gasteiger partial charge in [0.1, 0.15) is 16.7 Å². The highest BCUT2D eigenvalue weighted by molar-refractivity contribution is 6.31. The molecule has 0 amide bonds. The number of hydrogen-bond acceptors (Lipinski definition) is 1. The Hall–Kier alpha value is -1.23. The lowest BCUT2D eigenvalue weighted by atomic mass is 10.1. The lowest BCUT2D eigenvalue weighted by Gasteiger charge is -2.04. The van der Waals surface area contributed by atoms with Crippen molar-refractivity contribution in [1.29, 1.82) is 0 Å². The van der Waals surface area contributed by atoms with Crippen LogP contribution in [-0.2, 0) is 11.2 Å². The van der Waals surface area contributed by atoms with E-state index in [-0.39, 0.29) is 0 Å². The summed E-state index contributed by atoms with van der Waals surface area (Å²) < 4.78 is 38.5. The highest BCUT2D eigenvalue weighted by Crippen LogP contribution is 2.24. The first-order valence-electron chi connectivity index (χ1n) is 3.47. The average Bonchev–Trinajstić information content (AvgIpc) is 2.09. The SMILES string of the molecule is O=C(O)Cc1c(F)cc(F)c(Cl)c1F. The molecule has 0 saturated heterocycles. The van der Waals surface area contributed by atoms with Crippen LogP contribution in [0, 0.1) is 17.5 Å². The molecule has 0 saturated carbocycles. The number of aliphatic carboxylic acids is 1. The zero-order valence-electron chi connectivity index (χ0n) is 6.65. The second-order valence-corrected chi connectivity index (χ2v) is 2.90. The monoisotopic (exact) mass is 224 g/mol. The number of carboxylic acid groups (broad SMARTS) is 1. The minimum atomic E-state index is -1.43. The first kappa shape index (κ1) is 10.8. The molecular weight excluding hydrogens is 221 g/mol. The second-order valence-electron chi connectivity index (χ2n) is 2.52. The molecule has 0 heterocycles. The van der Waals surface area contributed by atoms with Gasteiger partial charge in [0, 0.05) is 11.6 Å². The molecule has 0 aromatic heterocycles. The lowest BCUT2D eigenvalue weighted by molar-refractivity contribution is -0.136. The van der Waals surface area contributed by atoms with Gasteiger partial charge in [0.05, 0.1) is 6.42 Å². The molecule has 0 radical (unpaired) electrons. The van der Waals surface area contributed by atoms with E-state index in [1.165, 1.54) is 0 Å². The number of benzene rings is 1. The lowest BCUT2D eigenvalue weighted by Crippen LogP contribution is -2.06. The maximum absolute atomic E-state index is 13.0. The third kappa shape index (κ3) is 1.98. The third-order valence-electron chi connectivity index (χ3n) is 1.54. The summed E-state index contributed by atoms with van der Waals surface area (Å²) in [4.78, 5) is 10.2. The normalized spacial score (nSPS) is 10.3. The summed E-state index contributed by atoms with van der Waals surface area (Å²) >= 11 is 5.13. The van der Waals surface area contributed by atoms with Gasteiger partial charge in [-0.25, -0.2) is 13.2 Å². The Bertz CT molecular complexity index is 393. The predicted molar refractivity (Wildman–Crippen MR) is 42.7 cm³/mol. The van der Waals surface area contributed by atoms with Gasteiger partial charge in [-0.05, 0) is 0 Å². The van der Waals surface area contributed by atoms with Crippen LogP contribution in [-0.4, -0.2) is 11.1 Å². The van der Waals surface area contributed by atoms with Gasteiger partial charge in [-0.1, -0.05) is 11.6 Å². The molecule has 0 aliphatic carbocycles. The smallest absolute Gasteiger partial charge is 0.308 e. The number of rotatable bonds is 2. The molecule has 14 heavy (non-hydrogen) atoms. The molecule has 1 N–H and O–H groups in total. The van der Waals surface area contributed by atoms with Crippen LogP contribution in [0.3, 0.4) is 0 Å². The number of halogens is 4. The minimum Gasteiger partial charge on any atom is -0.481 e. The molecule has 0 bridgehead atoms. The van der Waals surface area contributed by atoms with Crippen LogP contribution in [0.4, 0.5) is 13.2 Å². The molecule has 1 aromatic rings. The molecule has 2 nitrogen and oxygen atoms in total. The fourth-order valence-corrected chi connectivity index (χ4v) is 1.09.